The highest BCUT2D eigenvalue weighted by Gasteiger charge is 2.16. The number of halogens is 2. The molecule has 0 aliphatic heterocycles. The van der Waals surface area contributed by atoms with Crippen LogP contribution in [0, 0.1) is 9.39 Å². The van der Waals surface area contributed by atoms with Crippen molar-refractivity contribution >= 4 is 44.0 Å². The van der Waals surface area contributed by atoms with Crippen LogP contribution in [0.4, 0.5) is 15.8 Å². The first-order chi connectivity index (χ1) is 8.88. The summed E-state index contributed by atoms with van der Waals surface area (Å²) in [5.74, 6) is -0.678. The zero-order valence-corrected chi connectivity index (χ0v) is 12.6. The zero-order valence-electron chi connectivity index (χ0n) is 9.60. The molecule has 0 atom stereocenters. The van der Waals surface area contributed by atoms with Crippen molar-refractivity contribution in [3.05, 3.63) is 51.9 Å². The molecule has 0 unspecified atom stereocenters. The first-order valence-corrected chi connectivity index (χ1v) is 7.78. The van der Waals surface area contributed by atoms with Gasteiger partial charge in [-0.05, 0) is 65.1 Å². The topological polar surface area (TPSA) is 72.2 Å². The fraction of sp³-hybridized carbons (Fsp3) is 0. The second kappa shape index (κ2) is 5.33. The van der Waals surface area contributed by atoms with E-state index in [2.05, 4.69) is 27.3 Å². The predicted octanol–water partition coefficient (Wildman–Crippen LogP) is 2.81. The van der Waals surface area contributed by atoms with E-state index in [4.69, 9.17) is 5.73 Å². The number of anilines is 2. The van der Waals surface area contributed by atoms with Crippen LogP contribution < -0.4 is 10.5 Å². The van der Waals surface area contributed by atoms with Crippen molar-refractivity contribution in [1.82, 2.24) is 0 Å². The van der Waals surface area contributed by atoms with Gasteiger partial charge in [0.1, 0.15) is 5.82 Å². The Labute approximate surface area is 124 Å². The molecule has 0 aliphatic carbocycles. The standard InChI is InChI=1S/C12H10FIN2O2S/c13-11-6-3-9(15)7-12(11)16-19(17,18)10-4-1-8(14)2-5-10/h1-7,16H,15H2. The lowest BCUT2D eigenvalue weighted by Gasteiger charge is -2.09. The van der Waals surface area contributed by atoms with Crippen molar-refractivity contribution in [3.8, 4) is 0 Å². The SMILES string of the molecule is Nc1ccc(F)c(NS(=O)(=O)c2ccc(I)cc2)c1. The summed E-state index contributed by atoms with van der Waals surface area (Å²) in [4.78, 5) is 0.0646. The monoisotopic (exact) mass is 392 g/mol. The van der Waals surface area contributed by atoms with Crippen LogP contribution in [0.25, 0.3) is 0 Å². The molecule has 0 saturated heterocycles. The molecule has 0 aromatic heterocycles. The number of benzene rings is 2. The van der Waals surface area contributed by atoms with Crippen LogP contribution in [0.1, 0.15) is 0 Å². The maximum Gasteiger partial charge on any atom is 0.261 e. The third kappa shape index (κ3) is 3.35. The number of nitrogen functional groups attached to an aromatic ring is 1. The molecule has 100 valence electrons. The molecule has 2 aromatic rings. The van der Waals surface area contributed by atoms with E-state index in [-0.39, 0.29) is 16.3 Å². The molecule has 2 aromatic carbocycles. The summed E-state index contributed by atoms with van der Waals surface area (Å²) in [7, 11) is -3.82. The quantitative estimate of drug-likeness (QED) is 0.624. The molecule has 0 aliphatic rings. The van der Waals surface area contributed by atoms with Gasteiger partial charge in [0.25, 0.3) is 10.0 Å². The second-order valence-corrected chi connectivity index (χ2v) is 6.73. The van der Waals surface area contributed by atoms with Gasteiger partial charge < -0.3 is 5.73 Å². The maximum absolute atomic E-state index is 13.5. The highest BCUT2D eigenvalue weighted by atomic mass is 127. The van der Waals surface area contributed by atoms with Crippen molar-refractivity contribution < 1.29 is 12.8 Å². The minimum atomic E-state index is -3.82. The van der Waals surface area contributed by atoms with Gasteiger partial charge in [0.15, 0.2) is 0 Å². The van der Waals surface area contributed by atoms with Crippen LogP contribution in [0.5, 0.6) is 0 Å². The van der Waals surface area contributed by atoms with E-state index in [0.717, 1.165) is 9.64 Å². The molecule has 3 N–H and O–H groups in total. The van der Waals surface area contributed by atoms with Gasteiger partial charge in [-0.15, -0.1) is 0 Å². The summed E-state index contributed by atoms with van der Waals surface area (Å²) in [6.45, 7) is 0. The average molecular weight is 392 g/mol. The van der Waals surface area contributed by atoms with Crippen LogP contribution in [0.2, 0.25) is 0 Å². The van der Waals surface area contributed by atoms with Gasteiger partial charge in [0, 0.05) is 9.26 Å². The van der Waals surface area contributed by atoms with E-state index in [1.165, 1.54) is 24.3 Å². The first-order valence-electron chi connectivity index (χ1n) is 5.22. The molecule has 0 saturated carbocycles. The maximum atomic E-state index is 13.5. The summed E-state index contributed by atoms with van der Waals surface area (Å²) >= 11 is 2.07. The number of hydrogen-bond acceptors (Lipinski definition) is 3. The van der Waals surface area contributed by atoms with E-state index in [1.54, 1.807) is 12.1 Å². The predicted molar refractivity (Wildman–Crippen MR) is 80.8 cm³/mol. The third-order valence-corrected chi connectivity index (χ3v) is 4.46. The van der Waals surface area contributed by atoms with Crippen LogP contribution >= 0.6 is 22.6 Å². The van der Waals surface area contributed by atoms with Gasteiger partial charge in [-0.25, -0.2) is 12.8 Å². The summed E-state index contributed by atoms with van der Waals surface area (Å²) < 4.78 is 40.7. The Kier molecular flexibility index (Phi) is 3.95. The summed E-state index contributed by atoms with van der Waals surface area (Å²) in [6.07, 6.45) is 0. The average Bonchev–Trinajstić information content (AvgIpc) is 2.34. The minimum Gasteiger partial charge on any atom is -0.399 e. The minimum absolute atomic E-state index is 0.0646. The lowest BCUT2D eigenvalue weighted by molar-refractivity contribution is 0.598. The van der Waals surface area contributed by atoms with Crippen LogP contribution in [0.3, 0.4) is 0 Å². The Bertz CT molecular complexity index is 702. The molecule has 0 heterocycles. The van der Waals surface area contributed by atoms with Crippen molar-refractivity contribution in [3.63, 3.8) is 0 Å². The largest absolute Gasteiger partial charge is 0.399 e. The second-order valence-electron chi connectivity index (χ2n) is 3.80. The summed E-state index contributed by atoms with van der Waals surface area (Å²) in [5.41, 5.74) is 5.61. The highest BCUT2D eigenvalue weighted by molar-refractivity contribution is 14.1. The van der Waals surface area contributed by atoms with Crippen molar-refractivity contribution in [2.45, 2.75) is 4.90 Å². The molecule has 0 fully saturated rings. The molecule has 0 radical (unpaired) electrons. The Morgan fingerprint density at radius 2 is 1.74 bits per heavy atom. The van der Waals surface area contributed by atoms with E-state index >= 15 is 0 Å². The first kappa shape index (κ1) is 14.1. The van der Waals surface area contributed by atoms with Crippen molar-refractivity contribution in [2.24, 2.45) is 0 Å². The molecule has 2 rings (SSSR count). The van der Waals surface area contributed by atoms with Crippen LogP contribution in [0.15, 0.2) is 47.4 Å². The van der Waals surface area contributed by atoms with Gasteiger partial charge in [0.2, 0.25) is 0 Å². The Morgan fingerprint density at radius 3 is 2.37 bits per heavy atom. The van der Waals surface area contributed by atoms with Gasteiger partial charge in [-0.2, -0.15) is 0 Å². The van der Waals surface area contributed by atoms with E-state index in [9.17, 15) is 12.8 Å². The van der Waals surface area contributed by atoms with Gasteiger partial charge in [-0.3, -0.25) is 4.72 Å². The molecular formula is C12H10FIN2O2S. The number of nitrogens with two attached hydrogens (primary N) is 1. The lowest BCUT2D eigenvalue weighted by atomic mass is 10.3. The van der Waals surface area contributed by atoms with Gasteiger partial charge in [-0.1, -0.05) is 0 Å². The Hall–Kier alpha value is -1.35. The summed E-state index contributed by atoms with van der Waals surface area (Å²) in [6, 6.07) is 9.93. The molecule has 19 heavy (non-hydrogen) atoms. The van der Waals surface area contributed by atoms with Crippen LogP contribution in [-0.2, 0) is 10.0 Å². The Balaban J connectivity index is 2.36. The van der Waals surface area contributed by atoms with Crippen molar-refractivity contribution in [2.75, 3.05) is 10.5 Å². The number of hydrogen-bond donors (Lipinski definition) is 2. The summed E-state index contributed by atoms with van der Waals surface area (Å²) in [5, 5.41) is 0. The molecule has 0 spiro atoms. The van der Waals surface area contributed by atoms with Crippen molar-refractivity contribution in [1.29, 1.82) is 0 Å². The van der Waals surface area contributed by atoms with Gasteiger partial charge in [0.05, 0.1) is 10.6 Å². The van der Waals surface area contributed by atoms with Gasteiger partial charge >= 0.3 is 0 Å². The molecule has 7 heteroatoms. The van der Waals surface area contributed by atoms with E-state index in [1.807, 2.05) is 0 Å². The number of sulfonamides is 1. The Morgan fingerprint density at radius 1 is 1.11 bits per heavy atom. The molecular weight excluding hydrogens is 382 g/mol. The fourth-order valence-corrected chi connectivity index (χ4v) is 2.86. The third-order valence-electron chi connectivity index (χ3n) is 2.36. The lowest BCUT2D eigenvalue weighted by Crippen LogP contribution is -2.14. The normalized spacial score (nSPS) is 11.3. The smallest absolute Gasteiger partial charge is 0.261 e. The fourth-order valence-electron chi connectivity index (χ4n) is 1.44. The number of nitrogens with one attached hydrogen (secondary N) is 1. The molecule has 4 nitrogen and oxygen atoms in total. The number of rotatable bonds is 3. The van der Waals surface area contributed by atoms with Crippen LogP contribution in [-0.4, -0.2) is 8.42 Å². The highest BCUT2D eigenvalue weighted by Crippen LogP contribution is 2.21. The molecule has 0 bridgehead atoms. The van der Waals surface area contributed by atoms with E-state index < -0.39 is 15.8 Å². The zero-order chi connectivity index (χ0) is 14.0. The van der Waals surface area contributed by atoms with E-state index in [0.29, 0.717) is 0 Å². The molecule has 0 amide bonds.